The van der Waals surface area contributed by atoms with Crippen molar-refractivity contribution in [2.24, 2.45) is 5.92 Å². The van der Waals surface area contributed by atoms with Gasteiger partial charge in [-0.2, -0.15) is 0 Å². The lowest BCUT2D eigenvalue weighted by atomic mass is 9.79. The molecule has 0 radical (unpaired) electrons. The normalized spacial score (nSPS) is 21.6. The first-order chi connectivity index (χ1) is 5.79. The Morgan fingerprint density at radius 1 is 1.31 bits per heavy atom. The summed E-state index contributed by atoms with van der Waals surface area (Å²) in [6, 6.07) is 0. The second-order valence-corrected chi connectivity index (χ2v) is 9.64. The third-order valence-electron chi connectivity index (χ3n) is 2.03. The Kier molecular flexibility index (Phi) is 2.81. The Morgan fingerprint density at radius 3 is 2.23 bits per heavy atom. The molecular weight excluding hydrogens is 186 g/mol. The minimum Gasteiger partial charge on any atom is -0.207 e. The van der Waals surface area contributed by atoms with E-state index in [4.69, 9.17) is 0 Å². The second-order valence-electron chi connectivity index (χ2n) is 4.89. The Bertz CT molecular complexity index is 234. The van der Waals surface area contributed by atoms with E-state index < -0.39 is 14.0 Å². The van der Waals surface area contributed by atoms with Crippen LogP contribution in [0.25, 0.3) is 0 Å². The summed E-state index contributed by atoms with van der Waals surface area (Å²) in [6.45, 7) is 6.49. The van der Waals surface area contributed by atoms with Crippen molar-refractivity contribution < 1.29 is 8.78 Å². The first-order valence-corrected chi connectivity index (χ1v) is 8.16. The molecule has 0 unspecified atom stereocenters. The van der Waals surface area contributed by atoms with Gasteiger partial charge in [-0.15, -0.1) is 11.5 Å². The topological polar surface area (TPSA) is 0 Å². The highest BCUT2D eigenvalue weighted by atomic mass is 28.3. The number of halogens is 2. The molecule has 0 amide bonds. The highest BCUT2D eigenvalue weighted by molar-refractivity contribution is 6.83. The maximum Gasteiger partial charge on any atom is 0.248 e. The molecule has 1 aliphatic carbocycles. The van der Waals surface area contributed by atoms with Gasteiger partial charge in [0.25, 0.3) is 0 Å². The maximum atomic E-state index is 12.4. The van der Waals surface area contributed by atoms with Crippen molar-refractivity contribution in [2.45, 2.75) is 44.8 Å². The van der Waals surface area contributed by atoms with Crippen molar-refractivity contribution in [3.8, 4) is 11.5 Å². The van der Waals surface area contributed by atoms with Gasteiger partial charge in [0, 0.05) is 19.3 Å². The van der Waals surface area contributed by atoms with Crippen LogP contribution in [0.4, 0.5) is 8.78 Å². The van der Waals surface area contributed by atoms with Crippen LogP contribution in [-0.4, -0.2) is 14.0 Å². The molecule has 1 rings (SSSR count). The van der Waals surface area contributed by atoms with E-state index in [0.717, 1.165) is 0 Å². The van der Waals surface area contributed by atoms with Crippen LogP contribution in [-0.2, 0) is 0 Å². The molecule has 0 heterocycles. The van der Waals surface area contributed by atoms with E-state index in [9.17, 15) is 8.78 Å². The zero-order chi connectivity index (χ0) is 10.1. The lowest BCUT2D eigenvalue weighted by Crippen LogP contribution is -2.35. The van der Waals surface area contributed by atoms with E-state index in [1.165, 1.54) is 0 Å². The van der Waals surface area contributed by atoms with Crippen LogP contribution in [0.5, 0.6) is 0 Å². The van der Waals surface area contributed by atoms with Gasteiger partial charge in [0.05, 0.1) is 0 Å². The molecule has 3 heteroatoms. The van der Waals surface area contributed by atoms with E-state index in [2.05, 4.69) is 31.1 Å². The molecule has 13 heavy (non-hydrogen) atoms. The summed E-state index contributed by atoms with van der Waals surface area (Å²) in [5.74, 6) is 0.812. The number of alkyl halides is 2. The largest absolute Gasteiger partial charge is 0.248 e. The van der Waals surface area contributed by atoms with Gasteiger partial charge in [0.2, 0.25) is 5.92 Å². The molecule has 0 nitrogen and oxygen atoms in total. The van der Waals surface area contributed by atoms with Crippen LogP contribution in [0.3, 0.4) is 0 Å². The van der Waals surface area contributed by atoms with Crippen molar-refractivity contribution in [1.29, 1.82) is 0 Å². The molecule has 0 bridgehead atoms. The molecule has 1 saturated carbocycles. The summed E-state index contributed by atoms with van der Waals surface area (Å²) < 4.78 is 24.8. The quantitative estimate of drug-likeness (QED) is 0.452. The lowest BCUT2D eigenvalue weighted by Gasteiger charge is -2.33. The molecule has 0 aliphatic heterocycles. The molecule has 0 aromatic heterocycles. The van der Waals surface area contributed by atoms with Gasteiger partial charge in [-0.05, 0) is 5.92 Å². The SMILES string of the molecule is C[Si](C)(C)C#CCC1CC(F)(F)C1. The first kappa shape index (κ1) is 10.7. The van der Waals surface area contributed by atoms with Gasteiger partial charge >= 0.3 is 0 Å². The van der Waals surface area contributed by atoms with Crippen molar-refractivity contribution in [1.82, 2.24) is 0 Å². The van der Waals surface area contributed by atoms with Crippen LogP contribution in [0.1, 0.15) is 19.3 Å². The molecule has 0 saturated heterocycles. The smallest absolute Gasteiger partial charge is 0.207 e. The number of rotatable bonds is 1. The van der Waals surface area contributed by atoms with Crippen LogP contribution in [0, 0.1) is 17.4 Å². The van der Waals surface area contributed by atoms with E-state index in [0.29, 0.717) is 6.42 Å². The molecule has 1 fully saturated rings. The van der Waals surface area contributed by atoms with E-state index in [1.807, 2.05) is 0 Å². The zero-order valence-corrected chi connectivity index (χ0v) is 9.45. The van der Waals surface area contributed by atoms with Crippen molar-refractivity contribution in [2.75, 3.05) is 0 Å². The summed E-state index contributed by atoms with van der Waals surface area (Å²) in [7, 11) is -1.30. The van der Waals surface area contributed by atoms with Crippen molar-refractivity contribution >= 4 is 8.07 Å². The summed E-state index contributed by atoms with van der Waals surface area (Å²) in [4.78, 5) is 0. The highest BCUT2D eigenvalue weighted by Crippen LogP contribution is 2.43. The average molecular weight is 202 g/mol. The molecule has 0 aromatic carbocycles. The van der Waals surface area contributed by atoms with E-state index >= 15 is 0 Å². The molecule has 0 atom stereocenters. The second kappa shape index (κ2) is 3.41. The lowest BCUT2D eigenvalue weighted by molar-refractivity contribution is -0.108. The Labute approximate surface area is 79.7 Å². The maximum absolute atomic E-state index is 12.4. The number of hydrogen-bond acceptors (Lipinski definition) is 0. The minimum atomic E-state index is -2.38. The predicted octanol–water partition coefficient (Wildman–Crippen LogP) is 3.30. The van der Waals surface area contributed by atoms with Gasteiger partial charge in [0.1, 0.15) is 8.07 Å². The van der Waals surface area contributed by atoms with Gasteiger partial charge in [-0.25, -0.2) is 8.78 Å². The Balaban J connectivity index is 2.25. The highest BCUT2D eigenvalue weighted by Gasteiger charge is 2.44. The molecule has 0 aromatic rings. The van der Waals surface area contributed by atoms with E-state index in [-0.39, 0.29) is 18.8 Å². The van der Waals surface area contributed by atoms with E-state index in [1.54, 1.807) is 0 Å². The number of hydrogen-bond donors (Lipinski definition) is 0. The fourth-order valence-corrected chi connectivity index (χ4v) is 2.02. The van der Waals surface area contributed by atoms with Gasteiger partial charge in [-0.1, -0.05) is 19.6 Å². The fourth-order valence-electron chi connectivity index (χ4n) is 1.39. The summed E-state index contributed by atoms with van der Waals surface area (Å²) in [5.41, 5.74) is 3.19. The average Bonchev–Trinajstić information content (AvgIpc) is 1.79. The predicted molar refractivity (Wildman–Crippen MR) is 53.4 cm³/mol. The first-order valence-electron chi connectivity index (χ1n) is 4.66. The summed E-state index contributed by atoms with van der Waals surface area (Å²) in [5, 5.41) is 0. The standard InChI is InChI=1S/C10H16F2Si/c1-13(2,3)6-4-5-9-7-10(11,12)8-9/h9H,5,7-8H2,1-3H3. The molecule has 0 N–H and O–H groups in total. The van der Waals surface area contributed by atoms with Gasteiger partial charge < -0.3 is 0 Å². The van der Waals surface area contributed by atoms with Crippen molar-refractivity contribution in [3.05, 3.63) is 0 Å². The summed E-state index contributed by atoms with van der Waals surface area (Å²) >= 11 is 0. The molecule has 1 aliphatic rings. The molecule has 74 valence electrons. The minimum absolute atomic E-state index is 0.0490. The summed E-state index contributed by atoms with van der Waals surface area (Å²) in [6.07, 6.45) is 0.765. The van der Waals surface area contributed by atoms with Gasteiger partial charge in [0.15, 0.2) is 0 Å². The van der Waals surface area contributed by atoms with Crippen LogP contribution >= 0.6 is 0 Å². The van der Waals surface area contributed by atoms with Gasteiger partial charge in [-0.3, -0.25) is 0 Å². The zero-order valence-electron chi connectivity index (χ0n) is 8.45. The van der Waals surface area contributed by atoms with Crippen LogP contribution in [0.15, 0.2) is 0 Å². The molecule has 0 spiro atoms. The molecular formula is C10H16F2Si. The van der Waals surface area contributed by atoms with Crippen LogP contribution in [0.2, 0.25) is 19.6 Å². The third-order valence-corrected chi connectivity index (χ3v) is 2.96. The monoisotopic (exact) mass is 202 g/mol. The Hall–Kier alpha value is -0.363. The van der Waals surface area contributed by atoms with Crippen LogP contribution < -0.4 is 0 Å². The Morgan fingerprint density at radius 2 is 1.85 bits per heavy atom. The third kappa shape index (κ3) is 3.90. The fraction of sp³-hybridized carbons (Fsp3) is 0.800. The van der Waals surface area contributed by atoms with Crippen molar-refractivity contribution in [3.63, 3.8) is 0 Å².